The molecular weight excluding hydrogens is 444 g/mol. The van der Waals surface area contributed by atoms with Crippen molar-refractivity contribution in [2.75, 3.05) is 11.1 Å². The van der Waals surface area contributed by atoms with Gasteiger partial charge in [0, 0.05) is 28.1 Å². The van der Waals surface area contributed by atoms with Crippen LogP contribution < -0.4 is 5.32 Å². The van der Waals surface area contributed by atoms with Crippen molar-refractivity contribution in [1.29, 1.82) is 0 Å². The monoisotopic (exact) mass is 463 g/mol. The number of nitrogens with one attached hydrogen (secondary N) is 1. The van der Waals surface area contributed by atoms with Crippen molar-refractivity contribution >= 4 is 23.5 Å². The number of anilines is 1. The fraction of sp³-hybridized carbons (Fsp3) is 0.167. The molecular formula is C24H19F2N5OS. The van der Waals surface area contributed by atoms with E-state index in [2.05, 4.69) is 15.3 Å². The summed E-state index contributed by atoms with van der Waals surface area (Å²) in [6.45, 7) is 3.69. The van der Waals surface area contributed by atoms with Gasteiger partial charge >= 0.3 is 0 Å². The number of carbonyl (C=O) groups is 1. The van der Waals surface area contributed by atoms with E-state index in [0.29, 0.717) is 17.1 Å². The highest BCUT2D eigenvalue weighted by atomic mass is 32.2. The van der Waals surface area contributed by atoms with E-state index in [0.717, 1.165) is 29.1 Å². The molecule has 0 fully saturated rings. The average Bonchev–Trinajstić information content (AvgIpc) is 3.06. The molecule has 0 saturated carbocycles. The third-order valence-electron chi connectivity index (χ3n) is 5.27. The smallest absolute Gasteiger partial charge is 0.252 e. The van der Waals surface area contributed by atoms with Crippen LogP contribution in [0.15, 0.2) is 54.6 Å². The number of nitrogens with zero attached hydrogens (tertiary/aromatic N) is 4. The molecule has 0 aliphatic carbocycles. The molecule has 33 heavy (non-hydrogen) atoms. The van der Waals surface area contributed by atoms with Crippen molar-refractivity contribution in [3.05, 3.63) is 88.7 Å². The number of fused-ring (bicyclic) bond motifs is 1. The van der Waals surface area contributed by atoms with Crippen LogP contribution in [-0.2, 0) is 4.79 Å². The molecule has 9 heteroatoms. The second kappa shape index (κ2) is 8.40. The SMILES string of the molecule is Cc1cc(C)nc(-n2nc(-c3ccccc3)c3c2NC(=O)CSC3c2cc(F)ccc2F)n1. The van der Waals surface area contributed by atoms with Crippen molar-refractivity contribution in [3.8, 4) is 17.2 Å². The highest BCUT2D eigenvalue weighted by Crippen LogP contribution is 2.47. The summed E-state index contributed by atoms with van der Waals surface area (Å²) in [6, 6.07) is 14.6. The highest BCUT2D eigenvalue weighted by molar-refractivity contribution is 8.00. The van der Waals surface area contributed by atoms with Crippen molar-refractivity contribution in [2.24, 2.45) is 0 Å². The zero-order valence-corrected chi connectivity index (χ0v) is 18.7. The van der Waals surface area contributed by atoms with Gasteiger partial charge in [-0.1, -0.05) is 30.3 Å². The predicted octanol–water partition coefficient (Wildman–Crippen LogP) is 5.00. The van der Waals surface area contributed by atoms with Gasteiger partial charge in [0.15, 0.2) is 0 Å². The molecule has 0 bridgehead atoms. The van der Waals surface area contributed by atoms with E-state index in [9.17, 15) is 13.6 Å². The number of rotatable bonds is 3. The standard InChI is InChI=1S/C24H19F2N5OS/c1-13-10-14(2)28-24(27-13)31-23-20(21(30-31)15-6-4-3-5-7-15)22(33-12-19(32)29-23)17-11-16(25)8-9-18(17)26/h3-11,22H,12H2,1-2H3,(H,29,32). The van der Waals surface area contributed by atoms with Crippen LogP contribution in [0.3, 0.4) is 0 Å². The third kappa shape index (κ3) is 4.00. The molecule has 2 aromatic heterocycles. The van der Waals surface area contributed by atoms with Crippen LogP contribution in [0.1, 0.15) is 27.8 Å². The van der Waals surface area contributed by atoms with Crippen LogP contribution >= 0.6 is 11.8 Å². The highest BCUT2D eigenvalue weighted by Gasteiger charge is 2.34. The first-order chi connectivity index (χ1) is 15.9. The van der Waals surface area contributed by atoms with Crippen LogP contribution in [0, 0.1) is 25.5 Å². The molecule has 1 aliphatic heterocycles. The molecule has 0 saturated heterocycles. The van der Waals surface area contributed by atoms with Crippen LogP contribution in [0.25, 0.3) is 17.2 Å². The van der Waals surface area contributed by atoms with Crippen molar-refractivity contribution in [3.63, 3.8) is 0 Å². The van der Waals surface area contributed by atoms with Crippen LogP contribution in [0.2, 0.25) is 0 Å². The van der Waals surface area contributed by atoms with Crippen LogP contribution in [-0.4, -0.2) is 31.4 Å². The Bertz CT molecular complexity index is 1350. The van der Waals surface area contributed by atoms with E-state index < -0.39 is 16.9 Å². The second-order valence-corrected chi connectivity index (χ2v) is 8.84. The number of halogens is 2. The summed E-state index contributed by atoms with van der Waals surface area (Å²) in [5, 5.41) is 6.99. The van der Waals surface area contributed by atoms with Gasteiger partial charge in [-0.3, -0.25) is 4.79 Å². The Hall–Kier alpha value is -3.59. The number of amides is 1. The van der Waals surface area contributed by atoms with Gasteiger partial charge in [0.05, 0.1) is 16.7 Å². The van der Waals surface area contributed by atoms with Gasteiger partial charge in [-0.05, 0) is 38.1 Å². The first kappa shape index (κ1) is 21.3. The third-order valence-corrected chi connectivity index (χ3v) is 6.52. The Balaban J connectivity index is 1.83. The van der Waals surface area contributed by atoms with Crippen molar-refractivity contribution in [2.45, 2.75) is 19.1 Å². The van der Waals surface area contributed by atoms with Gasteiger partial charge in [-0.2, -0.15) is 9.78 Å². The Morgan fingerprint density at radius 2 is 1.76 bits per heavy atom. The molecule has 5 rings (SSSR count). The van der Waals surface area contributed by atoms with Gasteiger partial charge in [0.1, 0.15) is 17.5 Å². The molecule has 1 N–H and O–H groups in total. The maximum atomic E-state index is 14.9. The van der Waals surface area contributed by atoms with Gasteiger partial charge < -0.3 is 5.32 Å². The predicted molar refractivity (Wildman–Crippen MR) is 123 cm³/mol. The number of aromatic nitrogens is 4. The number of benzene rings is 2. The lowest BCUT2D eigenvalue weighted by Gasteiger charge is -2.17. The van der Waals surface area contributed by atoms with E-state index in [1.807, 2.05) is 50.2 Å². The summed E-state index contributed by atoms with van der Waals surface area (Å²) in [5.41, 5.74) is 3.52. The summed E-state index contributed by atoms with van der Waals surface area (Å²) in [4.78, 5) is 21.7. The number of carbonyl (C=O) groups excluding carboxylic acids is 1. The zero-order chi connectivity index (χ0) is 23.1. The lowest BCUT2D eigenvalue weighted by Crippen LogP contribution is -2.17. The van der Waals surface area contributed by atoms with E-state index >= 15 is 0 Å². The Labute approximate surface area is 193 Å². The minimum Gasteiger partial charge on any atom is -0.309 e. The molecule has 0 radical (unpaired) electrons. The fourth-order valence-corrected chi connectivity index (χ4v) is 5.07. The number of thioether (sulfide) groups is 1. The van der Waals surface area contributed by atoms with Gasteiger partial charge in [-0.15, -0.1) is 11.8 Å². The summed E-state index contributed by atoms with van der Waals surface area (Å²) in [5.74, 6) is -0.672. The molecule has 6 nitrogen and oxygen atoms in total. The maximum Gasteiger partial charge on any atom is 0.252 e. The maximum absolute atomic E-state index is 14.9. The Kier molecular flexibility index (Phi) is 5.41. The topological polar surface area (TPSA) is 72.7 Å². The summed E-state index contributed by atoms with van der Waals surface area (Å²) < 4.78 is 30.5. The van der Waals surface area contributed by atoms with E-state index in [4.69, 9.17) is 5.10 Å². The van der Waals surface area contributed by atoms with Crippen molar-refractivity contribution < 1.29 is 13.6 Å². The Morgan fingerprint density at radius 1 is 1.03 bits per heavy atom. The van der Waals surface area contributed by atoms with Gasteiger partial charge in [0.2, 0.25) is 5.91 Å². The average molecular weight is 464 g/mol. The minimum atomic E-state index is -0.676. The molecule has 3 heterocycles. The van der Waals surface area contributed by atoms with Gasteiger partial charge in [-0.25, -0.2) is 18.7 Å². The first-order valence-electron chi connectivity index (χ1n) is 10.3. The second-order valence-electron chi connectivity index (χ2n) is 7.74. The lowest BCUT2D eigenvalue weighted by molar-refractivity contribution is -0.113. The van der Waals surface area contributed by atoms with Crippen LogP contribution in [0.5, 0.6) is 0 Å². The zero-order valence-electron chi connectivity index (χ0n) is 17.8. The molecule has 166 valence electrons. The molecule has 0 spiro atoms. The fourth-order valence-electron chi connectivity index (χ4n) is 3.93. The first-order valence-corrected chi connectivity index (χ1v) is 11.3. The van der Waals surface area contributed by atoms with Crippen molar-refractivity contribution in [1.82, 2.24) is 19.7 Å². The number of aryl methyl sites for hydroxylation is 2. The van der Waals surface area contributed by atoms with E-state index in [1.165, 1.54) is 22.5 Å². The molecule has 1 aliphatic rings. The Morgan fingerprint density at radius 3 is 2.48 bits per heavy atom. The van der Waals surface area contributed by atoms with E-state index in [-0.39, 0.29) is 23.2 Å². The summed E-state index contributed by atoms with van der Waals surface area (Å²) in [6.07, 6.45) is 0. The summed E-state index contributed by atoms with van der Waals surface area (Å²) in [7, 11) is 0. The molecule has 1 atom stereocenters. The van der Waals surface area contributed by atoms with Gasteiger partial charge in [0.25, 0.3) is 5.95 Å². The largest absolute Gasteiger partial charge is 0.309 e. The quantitative estimate of drug-likeness (QED) is 0.463. The summed E-state index contributed by atoms with van der Waals surface area (Å²) >= 11 is 1.22. The molecule has 4 aromatic rings. The number of hydrogen-bond donors (Lipinski definition) is 1. The molecule has 2 aromatic carbocycles. The molecule has 1 unspecified atom stereocenters. The van der Waals surface area contributed by atoms with E-state index in [1.54, 1.807) is 0 Å². The number of hydrogen-bond acceptors (Lipinski definition) is 5. The normalized spacial score (nSPS) is 15.6. The lowest BCUT2D eigenvalue weighted by atomic mass is 9.99. The van der Waals surface area contributed by atoms with Crippen LogP contribution in [0.4, 0.5) is 14.6 Å². The minimum absolute atomic E-state index is 0.0667. The molecule has 1 amide bonds.